The summed E-state index contributed by atoms with van der Waals surface area (Å²) < 4.78 is 98.6. The second-order valence-electron chi connectivity index (χ2n) is 9.57. The predicted octanol–water partition coefficient (Wildman–Crippen LogP) is 6.38. The van der Waals surface area contributed by atoms with E-state index in [1.807, 2.05) is 0 Å². The van der Waals surface area contributed by atoms with Crippen LogP contribution in [-0.4, -0.2) is 39.3 Å². The molecule has 2 heterocycles. The fraction of sp³-hybridized carbons (Fsp3) is 0.296. The van der Waals surface area contributed by atoms with Gasteiger partial charge in [-0.25, -0.2) is 18.3 Å². The van der Waals surface area contributed by atoms with E-state index in [2.05, 4.69) is 20.7 Å². The standard InChI is InChI=1S/C27H22F7N5O/c1-14-11-15(5-8-17(14)25(40)37-16-6-7-16)21-13-36-24-20(35-10-9-26(30,31)32)12-22(38-39(21)24)27(33,34)18-3-2-4-19(28)23(18)29/h2-5,8,11-13,16,35H,6-7,9-10H2,1H3,(H,37,40). The van der Waals surface area contributed by atoms with Gasteiger partial charge in [-0.05, 0) is 55.7 Å². The molecule has 6 nitrogen and oxygen atoms in total. The van der Waals surface area contributed by atoms with Gasteiger partial charge in [-0.3, -0.25) is 4.79 Å². The molecule has 5 rings (SSSR count). The van der Waals surface area contributed by atoms with Crippen LogP contribution in [0.3, 0.4) is 0 Å². The van der Waals surface area contributed by atoms with Crippen molar-refractivity contribution in [2.75, 3.05) is 11.9 Å². The molecule has 13 heteroatoms. The number of amides is 1. The number of benzene rings is 2. The molecule has 1 saturated carbocycles. The van der Waals surface area contributed by atoms with E-state index in [4.69, 9.17) is 0 Å². The van der Waals surface area contributed by atoms with E-state index in [-0.39, 0.29) is 29.0 Å². The van der Waals surface area contributed by atoms with Gasteiger partial charge in [-0.15, -0.1) is 0 Å². The van der Waals surface area contributed by atoms with Crippen molar-refractivity contribution < 1.29 is 35.5 Å². The van der Waals surface area contributed by atoms with Gasteiger partial charge in [-0.1, -0.05) is 12.1 Å². The quantitative estimate of drug-likeness (QED) is 0.243. The molecule has 2 N–H and O–H groups in total. The van der Waals surface area contributed by atoms with Crippen molar-refractivity contribution in [3.8, 4) is 11.3 Å². The molecule has 210 valence electrons. The zero-order valence-electron chi connectivity index (χ0n) is 20.9. The largest absolute Gasteiger partial charge is 0.390 e. The molecule has 0 unspecified atom stereocenters. The van der Waals surface area contributed by atoms with Crippen LogP contribution in [0.1, 0.15) is 46.4 Å². The summed E-state index contributed by atoms with van der Waals surface area (Å²) in [5.74, 6) is -7.69. The highest BCUT2D eigenvalue weighted by atomic mass is 19.4. The molecule has 1 amide bonds. The van der Waals surface area contributed by atoms with Gasteiger partial charge in [0.05, 0.1) is 29.6 Å². The molecule has 0 spiro atoms. The molecule has 0 bridgehead atoms. The highest BCUT2D eigenvalue weighted by Gasteiger charge is 2.41. The Morgan fingerprint density at radius 1 is 1.07 bits per heavy atom. The summed E-state index contributed by atoms with van der Waals surface area (Å²) in [6.45, 7) is 1.03. The SMILES string of the molecule is Cc1cc(-c2cnc3c(NCCC(F)(F)F)cc(C(F)(F)c4cccc(F)c4F)nn23)ccc1C(=O)NC1CC1. The highest BCUT2D eigenvalue weighted by molar-refractivity contribution is 5.96. The second-order valence-corrected chi connectivity index (χ2v) is 9.57. The summed E-state index contributed by atoms with van der Waals surface area (Å²) in [5.41, 5.74) is -1.00. The van der Waals surface area contributed by atoms with Crippen LogP contribution in [0.2, 0.25) is 0 Å². The normalized spacial score (nSPS) is 14.0. The highest BCUT2D eigenvalue weighted by Crippen LogP contribution is 2.39. The number of anilines is 1. The summed E-state index contributed by atoms with van der Waals surface area (Å²) in [4.78, 5) is 16.7. The first-order valence-corrected chi connectivity index (χ1v) is 12.3. The number of carbonyl (C=O) groups excluding carboxylic acids is 1. The number of halogens is 7. The minimum absolute atomic E-state index is 0.0651. The lowest BCUT2D eigenvalue weighted by Gasteiger charge is -2.19. The Bertz CT molecular complexity index is 1590. The zero-order chi connectivity index (χ0) is 28.8. The fourth-order valence-electron chi connectivity index (χ4n) is 4.24. The summed E-state index contributed by atoms with van der Waals surface area (Å²) in [5, 5.41) is 9.30. The third-order valence-corrected chi connectivity index (χ3v) is 6.48. The molecule has 0 aliphatic heterocycles. The number of imidazole rings is 1. The second kappa shape index (κ2) is 10.1. The molecule has 1 fully saturated rings. The van der Waals surface area contributed by atoms with Crippen molar-refractivity contribution in [1.82, 2.24) is 19.9 Å². The molecule has 0 radical (unpaired) electrons. The molecular formula is C27H22F7N5O. The Hall–Kier alpha value is -4.16. The van der Waals surface area contributed by atoms with Crippen molar-refractivity contribution >= 4 is 17.2 Å². The van der Waals surface area contributed by atoms with Crippen molar-refractivity contribution in [3.63, 3.8) is 0 Å². The van der Waals surface area contributed by atoms with Crippen molar-refractivity contribution in [2.45, 2.75) is 44.3 Å². The molecule has 2 aromatic heterocycles. The van der Waals surface area contributed by atoms with Gasteiger partial charge < -0.3 is 10.6 Å². The van der Waals surface area contributed by atoms with Gasteiger partial charge in [-0.2, -0.15) is 27.1 Å². The van der Waals surface area contributed by atoms with Crippen LogP contribution in [0, 0.1) is 18.6 Å². The zero-order valence-corrected chi connectivity index (χ0v) is 20.9. The third kappa shape index (κ3) is 5.45. The number of carbonyl (C=O) groups is 1. The van der Waals surface area contributed by atoms with E-state index >= 15 is 8.78 Å². The predicted molar refractivity (Wildman–Crippen MR) is 132 cm³/mol. The van der Waals surface area contributed by atoms with Gasteiger partial charge in [0.2, 0.25) is 0 Å². The van der Waals surface area contributed by atoms with E-state index in [0.717, 1.165) is 29.5 Å². The molecule has 40 heavy (non-hydrogen) atoms. The van der Waals surface area contributed by atoms with Gasteiger partial charge in [0, 0.05) is 23.7 Å². The van der Waals surface area contributed by atoms with Crippen LogP contribution in [-0.2, 0) is 5.92 Å². The Morgan fingerprint density at radius 2 is 1.82 bits per heavy atom. The number of rotatable bonds is 8. The maximum Gasteiger partial charge on any atom is 0.390 e. The topological polar surface area (TPSA) is 71.3 Å². The van der Waals surface area contributed by atoms with Crippen LogP contribution < -0.4 is 10.6 Å². The number of fused-ring (bicyclic) bond motifs is 1. The number of aryl methyl sites for hydroxylation is 1. The van der Waals surface area contributed by atoms with E-state index < -0.39 is 48.0 Å². The minimum Gasteiger partial charge on any atom is -0.382 e. The van der Waals surface area contributed by atoms with Crippen LogP contribution in [0.25, 0.3) is 16.9 Å². The number of nitrogens with zero attached hydrogens (tertiary/aromatic N) is 3. The molecule has 0 atom stereocenters. The summed E-state index contributed by atoms with van der Waals surface area (Å²) in [6, 6.07) is 7.95. The monoisotopic (exact) mass is 565 g/mol. The van der Waals surface area contributed by atoms with Gasteiger partial charge in [0.15, 0.2) is 17.3 Å². The van der Waals surface area contributed by atoms with Crippen molar-refractivity contribution in [1.29, 1.82) is 0 Å². The van der Waals surface area contributed by atoms with Gasteiger partial charge in [0.25, 0.3) is 5.91 Å². The van der Waals surface area contributed by atoms with Crippen molar-refractivity contribution in [3.05, 3.63) is 82.7 Å². The lowest BCUT2D eigenvalue weighted by molar-refractivity contribution is -0.131. The maximum atomic E-state index is 15.5. The first-order valence-electron chi connectivity index (χ1n) is 12.3. The Balaban J connectivity index is 1.60. The average molecular weight is 565 g/mol. The first kappa shape index (κ1) is 27.4. The molecular weight excluding hydrogens is 543 g/mol. The van der Waals surface area contributed by atoms with Crippen LogP contribution >= 0.6 is 0 Å². The van der Waals surface area contributed by atoms with Crippen LogP contribution in [0.15, 0.2) is 48.7 Å². The fourth-order valence-corrected chi connectivity index (χ4v) is 4.24. The number of hydrogen-bond donors (Lipinski definition) is 2. The smallest absolute Gasteiger partial charge is 0.382 e. The lowest BCUT2D eigenvalue weighted by Crippen LogP contribution is -2.26. The number of aromatic nitrogens is 3. The van der Waals surface area contributed by atoms with Crippen molar-refractivity contribution in [2.24, 2.45) is 0 Å². The van der Waals surface area contributed by atoms with E-state index in [9.17, 15) is 26.7 Å². The number of nitrogens with one attached hydrogen (secondary N) is 2. The first-order chi connectivity index (χ1) is 18.8. The van der Waals surface area contributed by atoms with Crippen LogP contribution in [0.4, 0.5) is 36.4 Å². The van der Waals surface area contributed by atoms with E-state index in [1.54, 1.807) is 25.1 Å². The van der Waals surface area contributed by atoms with E-state index in [1.165, 1.54) is 6.20 Å². The Kier molecular flexibility index (Phi) is 6.92. The molecule has 4 aromatic rings. The van der Waals surface area contributed by atoms with E-state index in [0.29, 0.717) is 28.8 Å². The summed E-state index contributed by atoms with van der Waals surface area (Å²) in [7, 11) is 0. The molecule has 2 aromatic carbocycles. The number of hydrogen-bond acceptors (Lipinski definition) is 4. The summed E-state index contributed by atoms with van der Waals surface area (Å²) >= 11 is 0. The molecule has 0 saturated heterocycles. The molecule has 1 aliphatic carbocycles. The van der Waals surface area contributed by atoms with Gasteiger partial charge >= 0.3 is 12.1 Å². The van der Waals surface area contributed by atoms with Crippen LogP contribution in [0.5, 0.6) is 0 Å². The Labute approximate surface area is 223 Å². The molecule has 1 aliphatic rings. The lowest BCUT2D eigenvalue weighted by atomic mass is 10.0. The summed E-state index contributed by atoms with van der Waals surface area (Å²) in [6.07, 6.45) is -2.67. The Morgan fingerprint density at radius 3 is 2.50 bits per heavy atom. The minimum atomic E-state index is -4.51. The maximum absolute atomic E-state index is 15.5. The average Bonchev–Trinajstić information content (AvgIpc) is 3.59. The number of alkyl halides is 5. The van der Waals surface area contributed by atoms with Gasteiger partial charge in [0.1, 0.15) is 5.69 Å². The third-order valence-electron chi connectivity index (χ3n) is 6.48.